The molecule has 70 valence electrons. The standard InChI is InChI=1S/C12H22/c1-5-8-11(2,3)12(4)9-6-7-10-12/h5,8H,6-7,9-10H2,1-4H3/b8-5-. The monoisotopic (exact) mass is 166 g/mol. The van der Waals surface area contributed by atoms with E-state index in [4.69, 9.17) is 0 Å². The number of rotatable bonds is 2. The molecule has 1 saturated carbocycles. The summed E-state index contributed by atoms with van der Waals surface area (Å²) in [6.45, 7) is 9.32. The topological polar surface area (TPSA) is 0 Å². The SMILES string of the molecule is C/C=C\C(C)(C)C1(C)CCCC1. The normalized spacial score (nSPS) is 23.7. The first-order chi connectivity index (χ1) is 5.52. The molecule has 0 aromatic rings. The van der Waals surface area contributed by atoms with E-state index in [0.29, 0.717) is 10.8 Å². The molecule has 1 aliphatic carbocycles. The highest BCUT2D eigenvalue weighted by Crippen LogP contribution is 2.51. The highest BCUT2D eigenvalue weighted by atomic mass is 14.4. The lowest BCUT2D eigenvalue weighted by molar-refractivity contribution is 0.148. The zero-order chi connectivity index (χ0) is 9.24. The molecule has 0 unspecified atom stereocenters. The Bertz CT molecular complexity index is 168. The lowest BCUT2D eigenvalue weighted by Gasteiger charge is -2.39. The van der Waals surface area contributed by atoms with Gasteiger partial charge in [0.05, 0.1) is 0 Å². The van der Waals surface area contributed by atoms with Gasteiger partial charge in [-0.2, -0.15) is 0 Å². The Balaban J connectivity index is 2.77. The van der Waals surface area contributed by atoms with Crippen LogP contribution in [0.15, 0.2) is 12.2 Å². The zero-order valence-electron chi connectivity index (χ0n) is 8.98. The van der Waals surface area contributed by atoms with E-state index in [1.165, 1.54) is 25.7 Å². The molecule has 12 heavy (non-hydrogen) atoms. The number of allylic oxidation sites excluding steroid dienone is 2. The third kappa shape index (κ3) is 1.57. The molecule has 0 heteroatoms. The van der Waals surface area contributed by atoms with E-state index in [1.807, 2.05) is 0 Å². The van der Waals surface area contributed by atoms with Crippen LogP contribution in [-0.4, -0.2) is 0 Å². The summed E-state index contributed by atoms with van der Waals surface area (Å²) in [5.41, 5.74) is 0.942. The molecule has 0 amide bonds. The number of hydrogen-bond acceptors (Lipinski definition) is 0. The van der Waals surface area contributed by atoms with E-state index in [0.717, 1.165) is 0 Å². The fourth-order valence-electron chi connectivity index (χ4n) is 2.42. The molecular weight excluding hydrogens is 144 g/mol. The molecule has 0 N–H and O–H groups in total. The second kappa shape index (κ2) is 3.24. The fourth-order valence-corrected chi connectivity index (χ4v) is 2.42. The molecule has 0 aromatic carbocycles. The average Bonchev–Trinajstić information content (AvgIpc) is 2.37. The molecule has 0 radical (unpaired) electrons. The van der Waals surface area contributed by atoms with Gasteiger partial charge in [-0.25, -0.2) is 0 Å². The maximum absolute atomic E-state index is 2.44. The van der Waals surface area contributed by atoms with Crippen LogP contribution in [-0.2, 0) is 0 Å². The van der Waals surface area contributed by atoms with Gasteiger partial charge in [0, 0.05) is 0 Å². The van der Waals surface area contributed by atoms with Crippen molar-refractivity contribution in [2.75, 3.05) is 0 Å². The van der Waals surface area contributed by atoms with Crippen LogP contribution in [0.5, 0.6) is 0 Å². The fraction of sp³-hybridized carbons (Fsp3) is 0.833. The first kappa shape index (κ1) is 9.83. The van der Waals surface area contributed by atoms with Crippen molar-refractivity contribution in [3.63, 3.8) is 0 Å². The van der Waals surface area contributed by atoms with Gasteiger partial charge in [0.1, 0.15) is 0 Å². The van der Waals surface area contributed by atoms with Crippen LogP contribution in [0, 0.1) is 10.8 Å². The van der Waals surface area contributed by atoms with Crippen LogP contribution < -0.4 is 0 Å². The van der Waals surface area contributed by atoms with Crippen LogP contribution in [0.1, 0.15) is 53.4 Å². The Morgan fingerprint density at radius 3 is 2.08 bits per heavy atom. The van der Waals surface area contributed by atoms with Crippen LogP contribution in [0.3, 0.4) is 0 Å². The Hall–Kier alpha value is -0.260. The predicted molar refractivity (Wildman–Crippen MR) is 55.2 cm³/mol. The molecule has 1 rings (SSSR count). The van der Waals surface area contributed by atoms with E-state index in [1.54, 1.807) is 0 Å². The number of hydrogen-bond donors (Lipinski definition) is 0. The van der Waals surface area contributed by atoms with E-state index in [-0.39, 0.29) is 0 Å². The van der Waals surface area contributed by atoms with E-state index in [9.17, 15) is 0 Å². The molecule has 1 fully saturated rings. The van der Waals surface area contributed by atoms with Crippen molar-refractivity contribution in [3.8, 4) is 0 Å². The van der Waals surface area contributed by atoms with Crippen molar-refractivity contribution < 1.29 is 0 Å². The summed E-state index contributed by atoms with van der Waals surface area (Å²) in [7, 11) is 0. The van der Waals surface area contributed by atoms with Crippen molar-refractivity contribution in [2.45, 2.75) is 53.4 Å². The Labute approximate surface area is 77.1 Å². The van der Waals surface area contributed by atoms with E-state index in [2.05, 4.69) is 39.8 Å². The van der Waals surface area contributed by atoms with Crippen LogP contribution in [0.2, 0.25) is 0 Å². The summed E-state index contributed by atoms with van der Waals surface area (Å²) in [5.74, 6) is 0. The summed E-state index contributed by atoms with van der Waals surface area (Å²) in [6, 6.07) is 0. The Kier molecular flexibility index (Phi) is 2.65. The largest absolute Gasteiger partial charge is 0.0911 e. The molecule has 0 heterocycles. The maximum atomic E-state index is 2.44. The van der Waals surface area contributed by atoms with Crippen molar-refractivity contribution >= 4 is 0 Å². The highest BCUT2D eigenvalue weighted by Gasteiger charge is 2.40. The minimum Gasteiger partial charge on any atom is -0.0911 e. The predicted octanol–water partition coefficient (Wildman–Crippen LogP) is 4.17. The molecule has 0 aromatic heterocycles. The van der Waals surface area contributed by atoms with Crippen LogP contribution >= 0.6 is 0 Å². The minimum absolute atomic E-state index is 0.387. The van der Waals surface area contributed by atoms with Gasteiger partial charge in [0.15, 0.2) is 0 Å². The molecular formula is C12H22. The average molecular weight is 166 g/mol. The maximum Gasteiger partial charge on any atom is -0.0121 e. The first-order valence-electron chi connectivity index (χ1n) is 5.16. The van der Waals surface area contributed by atoms with Gasteiger partial charge >= 0.3 is 0 Å². The summed E-state index contributed by atoms with van der Waals surface area (Å²) in [5, 5.41) is 0. The van der Waals surface area contributed by atoms with Gasteiger partial charge in [-0.05, 0) is 30.6 Å². The molecule has 0 nitrogen and oxygen atoms in total. The lowest BCUT2D eigenvalue weighted by atomic mass is 9.65. The quantitative estimate of drug-likeness (QED) is 0.540. The Morgan fingerprint density at radius 2 is 1.67 bits per heavy atom. The summed E-state index contributed by atoms with van der Waals surface area (Å²) in [4.78, 5) is 0. The van der Waals surface area contributed by atoms with Gasteiger partial charge in [0.25, 0.3) is 0 Å². The van der Waals surface area contributed by atoms with Gasteiger partial charge in [0.2, 0.25) is 0 Å². The zero-order valence-corrected chi connectivity index (χ0v) is 8.98. The van der Waals surface area contributed by atoms with Gasteiger partial charge < -0.3 is 0 Å². The summed E-state index contributed by atoms with van der Waals surface area (Å²) >= 11 is 0. The lowest BCUT2D eigenvalue weighted by Crippen LogP contribution is -2.30. The third-order valence-electron chi connectivity index (χ3n) is 3.85. The first-order valence-corrected chi connectivity index (χ1v) is 5.16. The minimum atomic E-state index is 0.387. The second-order valence-electron chi connectivity index (χ2n) is 4.99. The highest BCUT2D eigenvalue weighted by molar-refractivity contribution is 5.04. The van der Waals surface area contributed by atoms with E-state index < -0.39 is 0 Å². The van der Waals surface area contributed by atoms with Gasteiger partial charge in [-0.15, -0.1) is 0 Å². The molecule has 0 aliphatic heterocycles. The van der Waals surface area contributed by atoms with Crippen molar-refractivity contribution in [1.82, 2.24) is 0 Å². The molecule has 0 atom stereocenters. The van der Waals surface area contributed by atoms with Crippen LogP contribution in [0.25, 0.3) is 0 Å². The van der Waals surface area contributed by atoms with Crippen molar-refractivity contribution in [3.05, 3.63) is 12.2 Å². The van der Waals surface area contributed by atoms with Crippen molar-refractivity contribution in [2.24, 2.45) is 10.8 Å². The second-order valence-corrected chi connectivity index (χ2v) is 4.99. The third-order valence-corrected chi connectivity index (χ3v) is 3.85. The molecule has 0 saturated heterocycles. The Morgan fingerprint density at radius 1 is 1.17 bits per heavy atom. The van der Waals surface area contributed by atoms with Gasteiger partial charge in [-0.1, -0.05) is 45.8 Å². The summed E-state index contributed by atoms with van der Waals surface area (Å²) < 4.78 is 0. The molecule has 0 spiro atoms. The summed E-state index contributed by atoms with van der Waals surface area (Å²) in [6.07, 6.45) is 10.2. The molecule has 1 aliphatic rings. The smallest absolute Gasteiger partial charge is 0.0121 e. The van der Waals surface area contributed by atoms with Crippen molar-refractivity contribution in [1.29, 1.82) is 0 Å². The van der Waals surface area contributed by atoms with Crippen LogP contribution in [0.4, 0.5) is 0 Å². The molecule has 0 bridgehead atoms. The van der Waals surface area contributed by atoms with Gasteiger partial charge in [-0.3, -0.25) is 0 Å². The van der Waals surface area contributed by atoms with E-state index >= 15 is 0 Å².